The third-order valence-corrected chi connectivity index (χ3v) is 3.26. The quantitative estimate of drug-likeness (QED) is 0.573. The molecule has 0 aromatic heterocycles. The van der Waals surface area contributed by atoms with Crippen LogP contribution < -0.4 is 0 Å². The lowest BCUT2D eigenvalue weighted by Crippen LogP contribution is -2.20. The van der Waals surface area contributed by atoms with E-state index in [-0.39, 0.29) is 5.78 Å². The third kappa shape index (κ3) is 4.24. The number of benzene rings is 1. The predicted octanol–water partition coefficient (Wildman–Crippen LogP) is 2.70. The second kappa shape index (κ2) is 7.29. The number of hydrogen-bond donors (Lipinski definition) is 0. The van der Waals surface area contributed by atoms with Crippen LogP contribution >= 0.6 is 0 Å². The average Bonchev–Trinajstić information content (AvgIpc) is 2.45. The molecule has 0 amide bonds. The van der Waals surface area contributed by atoms with Gasteiger partial charge in [0.15, 0.2) is 5.78 Å². The van der Waals surface area contributed by atoms with Gasteiger partial charge in [0.2, 0.25) is 0 Å². The van der Waals surface area contributed by atoms with Gasteiger partial charge in [0, 0.05) is 31.8 Å². The fraction of sp³-hybridized carbons (Fsp3) is 0.533. The Bertz CT molecular complexity index is 355. The van der Waals surface area contributed by atoms with Crippen molar-refractivity contribution in [1.29, 1.82) is 0 Å². The minimum atomic E-state index is 0.155. The molecule has 1 aliphatic rings. The van der Waals surface area contributed by atoms with Crippen LogP contribution in [0.25, 0.3) is 0 Å². The fourth-order valence-electron chi connectivity index (χ4n) is 2.10. The summed E-state index contributed by atoms with van der Waals surface area (Å²) in [7, 11) is 0. The van der Waals surface area contributed by atoms with Gasteiger partial charge in [-0.25, -0.2) is 0 Å². The summed E-state index contributed by atoms with van der Waals surface area (Å²) in [6, 6.07) is 9.38. The van der Waals surface area contributed by atoms with E-state index >= 15 is 0 Å². The van der Waals surface area contributed by atoms with Gasteiger partial charge in [-0.15, -0.1) is 0 Å². The molecule has 1 aliphatic heterocycles. The maximum atomic E-state index is 11.8. The molecule has 0 radical (unpaired) electrons. The van der Waals surface area contributed by atoms with Gasteiger partial charge < -0.3 is 9.47 Å². The largest absolute Gasteiger partial charge is 0.381 e. The van der Waals surface area contributed by atoms with Gasteiger partial charge in [-0.05, 0) is 18.8 Å². The molecule has 1 fully saturated rings. The lowest BCUT2D eigenvalue weighted by Gasteiger charge is -2.21. The number of carbonyl (C=O) groups excluding carboxylic acids is 1. The normalized spacial score (nSPS) is 16.7. The van der Waals surface area contributed by atoms with Gasteiger partial charge in [0.25, 0.3) is 0 Å². The second-order valence-electron chi connectivity index (χ2n) is 4.67. The van der Waals surface area contributed by atoms with Gasteiger partial charge >= 0.3 is 0 Å². The Hall–Kier alpha value is -1.19. The van der Waals surface area contributed by atoms with Crippen LogP contribution in [-0.4, -0.2) is 32.2 Å². The number of carbonyl (C=O) groups is 1. The molecule has 98 valence electrons. The van der Waals surface area contributed by atoms with E-state index in [2.05, 4.69) is 0 Å². The Morgan fingerprint density at radius 3 is 2.67 bits per heavy atom. The van der Waals surface area contributed by atoms with Crippen molar-refractivity contribution in [2.24, 2.45) is 5.92 Å². The Kier molecular flexibility index (Phi) is 5.36. The van der Waals surface area contributed by atoms with E-state index < -0.39 is 0 Å². The first-order valence-corrected chi connectivity index (χ1v) is 6.60. The molecule has 3 heteroatoms. The van der Waals surface area contributed by atoms with E-state index in [4.69, 9.17) is 9.47 Å². The van der Waals surface area contributed by atoms with Crippen molar-refractivity contribution in [3.8, 4) is 0 Å². The molecular weight excluding hydrogens is 228 g/mol. The molecule has 1 heterocycles. The highest BCUT2D eigenvalue weighted by Gasteiger charge is 2.14. The van der Waals surface area contributed by atoms with Crippen molar-refractivity contribution in [2.75, 3.05) is 26.4 Å². The predicted molar refractivity (Wildman–Crippen MR) is 69.8 cm³/mol. The number of Topliss-reactive ketones (excluding diaryl/α,β-unsaturated/α-hetero) is 1. The lowest BCUT2D eigenvalue weighted by atomic mass is 10.0. The first kappa shape index (κ1) is 13.2. The van der Waals surface area contributed by atoms with Crippen molar-refractivity contribution < 1.29 is 14.3 Å². The smallest absolute Gasteiger partial charge is 0.165 e. The topological polar surface area (TPSA) is 35.5 Å². The Balaban J connectivity index is 1.62. The zero-order valence-corrected chi connectivity index (χ0v) is 10.6. The number of rotatable bonds is 6. The van der Waals surface area contributed by atoms with Crippen LogP contribution in [-0.2, 0) is 9.47 Å². The van der Waals surface area contributed by atoms with Crippen LogP contribution in [0.2, 0.25) is 0 Å². The van der Waals surface area contributed by atoms with E-state index in [1.54, 1.807) is 0 Å². The minimum Gasteiger partial charge on any atom is -0.381 e. The van der Waals surface area contributed by atoms with Crippen molar-refractivity contribution in [1.82, 2.24) is 0 Å². The molecule has 0 aliphatic carbocycles. The average molecular weight is 248 g/mol. The van der Waals surface area contributed by atoms with E-state index in [9.17, 15) is 4.79 Å². The molecule has 0 unspecified atom stereocenters. The summed E-state index contributed by atoms with van der Waals surface area (Å²) in [5.41, 5.74) is 0.771. The van der Waals surface area contributed by atoms with Gasteiger partial charge in [-0.1, -0.05) is 30.3 Å². The monoisotopic (exact) mass is 248 g/mol. The molecule has 0 spiro atoms. The maximum absolute atomic E-state index is 11.8. The van der Waals surface area contributed by atoms with Crippen LogP contribution in [0, 0.1) is 5.92 Å². The Morgan fingerprint density at radius 2 is 1.94 bits per heavy atom. The SMILES string of the molecule is O=C(CCOCC1CCOCC1)c1ccccc1. The summed E-state index contributed by atoms with van der Waals surface area (Å²) >= 11 is 0. The highest BCUT2D eigenvalue weighted by molar-refractivity contribution is 5.96. The van der Waals surface area contributed by atoms with Crippen molar-refractivity contribution in [2.45, 2.75) is 19.3 Å². The molecule has 3 nitrogen and oxygen atoms in total. The lowest BCUT2D eigenvalue weighted by molar-refractivity contribution is 0.0203. The number of hydrogen-bond acceptors (Lipinski definition) is 3. The van der Waals surface area contributed by atoms with Crippen LogP contribution in [0.4, 0.5) is 0 Å². The zero-order chi connectivity index (χ0) is 12.6. The summed E-state index contributed by atoms with van der Waals surface area (Å²) in [5.74, 6) is 0.758. The molecule has 0 N–H and O–H groups in total. The first-order valence-electron chi connectivity index (χ1n) is 6.60. The molecule has 0 atom stereocenters. The molecular formula is C15H20O3. The second-order valence-corrected chi connectivity index (χ2v) is 4.67. The van der Waals surface area contributed by atoms with E-state index in [1.165, 1.54) is 0 Å². The number of ether oxygens (including phenoxy) is 2. The molecule has 1 aromatic rings. The van der Waals surface area contributed by atoms with Crippen molar-refractivity contribution in [3.63, 3.8) is 0 Å². The van der Waals surface area contributed by atoms with Gasteiger partial charge in [-0.3, -0.25) is 4.79 Å². The summed E-state index contributed by atoms with van der Waals surface area (Å²) in [6.07, 6.45) is 2.62. The molecule has 1 aromatic carbocycles. The van der Waals surface area contributed by atoms with Crippen LogP contribution in [0.3, 0.4) is 0 Å². The van der Waals surface area contributed by atoms with Crippen LogP contribution in [0.15, 0.2) is 30.3 Å². The molecule has 2 rings (SSSR count). The Morgan fingerprint density at radius 1 is 1.22 bits per heavy atom. The third-order valence-electron chi connectivity index (χ3n) is 3.26. The molecule has 0 bridgehead atoms. The van der Waals surface area contributed by atoms with Crippen molar-refractivity contribution >= 4 is 5.78 Å². The van der Waals surface area contributed by atoms with E-state index in [0.717, 1.165) is 38.2 Å². The van der Waals surface area contributed by atoms with Gasteiger partial charge in [0.1, 0.15) is 0 Å². The highest BCUT2D eigenvalue weighted by Crippen LogP contribution is 2.14. The maximum Gasteiger partial charge on any atom is 0.165 e. The first-order chi connectivity index (χ1) is 8.86. The molecule has 18 heavy (non-hydrogen) atoms. The van der Waals surface area contributed by atoms with Gasteiger partial charge in [-0.2, -0.15) is 0 Å². The van der Waals surface area contributed by atoms with Crippen LogP contribution in [0.5, 0.6) is 0 Å². The number of ketones is 1. The van der Waals surface area contributed by atoms with Crippen LogP contribution in [0.1, 0.15) is 29.6 Å². The van der Waals surface area contributed by atoms with E-state index in [1.807, 2.05) is 30.3 Å². The molecule has 0 saturated carbocycles. The summed E-state index contributed by atoms with van der Waals surface area (Å²) in [6.45, 7) is 2.96. The van der Waals surface area contributed by atoms with Crippen molar-refractivity contribution in [3.05, 3.63) is 35.9 Å². The highest BCUT2D eigenvalue weighted by atomic mass is 16.5. The van der Waals surface area contributed by atoms with E-state index in [0.29, 0.717) is 18.9 Å². The standard InChI is InChI=1S/C15H20O3/c16-15(14-4-2-1-3-5-14)8-11-18-12-13-6-9-17-10-7-13/h1-5,13H,6-12H2. The fourth-order valence-corrected chi connectivity index (χ4v) is 2.10. The summed E-state index contributed by atoms with van der Waals surface area (Å²) in [5, 5.41) is 0. The Labute approximate surface area is 108 Å². The zero-order valence-electron chi connectivity index (χ0n) is 10.6. The summed E-state index contributed by atoms with van der Waals surface area (Å²) in [4.78, 5) is 11.8. The summed E-state index contributed by atoms with van der Waals surface area (Å²) < 4.78 is 10.9. The van der Waals surface area contributed by atoms with Gasteiger partial charge in [0.05, 0.1) is 6.61 Å². The minimum absolute atomic E-state index is 0.155. The molecule has 1 saturated heterocycles.